The molecule has 0 fully saturated rings. The number of nitrogens with zero attached hydrogens (tertiary/aromatic N) is 1. The molecule has 2 nitrogen and oxygen atoms in total. The van der Waals surface area contributed by atoms with Gasteiger partial charge in [0.1, 0.15) is 0 Å². The molecule has 2 aromatic rings. The van der Waals surface area contributed by atoms with Crippen molar-refractivity contribution in [1.82, 2.24) is 4.57 Å². The van der Waals surface area contributed by atoms with Crippen molar-refractivity contribution in [3.05, 3.63) is 35.5 Å². The molecule has 0 atom stereocenters. The Labute approximate surface area is 94.5 Å². The van der Waals surface area contributed by atoms with Crippen LogP contribution < -0.4 is 5.73 Å². The maximum absolute atomic E-state index is 5.66. The van der Waals surface area contributed by atoms with Gasteiger partial charge in [-0.3, -0.25) is 0 Å². The second kappa shape index (κ2) is 4.29. The van der Waals surface area contributed by atoms with Crippen LogP contribution in [0.1, 0.15) is 11.1 Å². The second-order valence-electron chi connectivity index (χ2n) is 3.75. The number of thioether (sulfide) groups is 1. The fraction of sp³-hybridized carbons (Fsp3) is 0.333. The molecular weight excluding hydrogens is 204 g/mol. The summed E-state index contributed by atoms with van der Waals surface area (Å²) in [5.41, 5.74) is 9.55. The molecule has 0 bridgehead atoms. The van der Waals surface area contributed by atoms with Gasteiger partial charge in [-0.2, -0.15) is 11.8 Å². The number of fused-ring (bicyclic) bond motifs is 1. The topological polar surface area (TPSA) is 30.9 Å². The van der Waals surface area contributed by atoms with E-state index in [1.807, 2.05) is 11.8 Å². The lowest BCUT2D eigenvalue weighted by atomic mass is 10.1. The van der Waals surface area contributed by atoms with E-state index in [1.54, 1.807) is 0 Å². The van der Waals surface area contributed by atoms with Gasteiger partial charge in [-0.15, -0.1) is 0 Å². The molecule has 0 saturated carbocycles. The molecule has 0 unspecified atom stereocenters. The monoisotopic (exact) mass is 220 g/mol. The number of aromatic nitrogens is 1. The molecule has 0 radical (unpaired) electrons. The van der Waals surface area contributed by atoms with E-state index in [9.17, 15) is 0 Å². The van der Waals surface area contributed by atoms with Crippen LogP contribution in [0.4, 0.5) is 0 Å². The largest absolute Gasteiger partial charge is 0.350 e. The Morgan fingerprint density at radius 3 is 2.87 bits per heavy atom. The molecule has 0 aliphatic heterocycles. The van der Waals surface area contributed by atoms with Crippen molar-refractivity contribution in [2.24, 2.45) is 12.8 Å². The van der Waals surface area contributed by atoms with E-state index in [0.29, 0.717) is 6.54 Å². The highest BCUT2D eigenvalue weighted by atomic mass is 32.2. The lowest BCUT2D eigenvalue weighted by Crippen LogP contribution is -1.95. The second-order valence-corrected chi connectivity index (χ2v) is 4.62. The van der Waals surface area contributed by atoms with Crippen LogP contribution in [0, 0.1) is 0 Å². The molecule has 15 heavy (non-hydrogen) atoms. The van der Waals surface area contributed by atoms with Crippen molar-refractivity contribution in [1.29, 1.82) is 0 Å². The molecular formula is C12H16N2S. The summed E-state index contributed by atoms with van der Waals surface area (Å²) in [5.74, 6) is 1.06. The Kier molecular flexibility index (Phi) is 3.03. The maximum Gasteiger partial charge on any atom is 0.0481 e. The minimum atomic E-state index is 0.615. The van der Waals surface area contributed by atoms with Crippen molar-refractivity contribution >= 4 is 22.7 Å². The van der Waals surface area contributed by atoms with Gasteiger partial charge in [0.15, 0.2) is 0 Å². The van der Waals surface area contributed by atoms with Gasteiger partial charge in [-0.05, 0) is 29.5 Å². The van der Waals surface area contributed by atoms with Crippen molar-refractivity contribution in [3.63, 3.8) is 0 Å². The zero-order valence-corrected chi connectivity index (χ0v) is 9.97. The van der Waals surface area contributed by atoms with E-state index in [0.717, 1.165) is 5.75 Å². The lowest BCUT2D eigenvalue weighted by molar-refractivity contribution is 0.962. The van der Waals surface area contributed by atoms with Gasteiger partial charge in [0, 0.05) is 36.4 Å². The van der Waals surface area contributed by atoms with Gasteiger partial charge in [0.25, 0.3) is 0 Å². The molecule has 80 valence electrons. The fourth-order valence-corrected chi connectivity index (χ4v) is 2.46. The third-order valence-electron chi connectivity index (χ3n) is 2.67. The standard InChI is InChI=1S/C12H16N2S/c1-14-7-10(8-15-2)11-5-9(6-13)3-4-12(11)14/h3-5,7H,6,8,13H2,1-2H3. The number of hydrogen-bond acceptors (Lipinski definition) is 2. The maximum atomic E-state index is 5.66. The van der Waals surface area contributed by atoms with Crippen LogP contribution in [-0.2, 0) is 19.3 Å². The van der Waals surface area contributed by atoms with E-state index in [-0.39, 0.29) is 0 Å². The Morgan fingerprint density at radius 1 is 1.40 bits per heavy atom. The van der Waals surface area contributed by atoms with Crippen molar-refractivity contribution in [2.45, 2.75) is 12.3 Å². The highest BCUT2D eigenvalue weighted by Crippen LogP contribution is 2.24. The minimum absolute atomic E-state index is 0.615. The summed E-state index contributed by atoms with van der Waals surface area (Å²) in [4.78, 5) is 0. The molecule has 1 aromatic heterocycles. The fourth-order valence-electron chi connectivity index (χ4n) is 1.92. The molecule has 0 amide bonds. The number of aryl methyl sites for hydroxylation is 1. The zero-order chi connectivity index (χ0) is 10.8. The number of hydrogen-bond donors (Lipinski definition) is 1. The van der Waals surface area contributed by atoms with Crippen LogP contribution in [-0.4, -0.2) is 10.8 Å². The predicted molar refractivity (Wildman–Crippen MR) is 68.0 cm³/mol. The van der Waals surface area contributed by atoms with Crippen LogP contribution >= 0.6 is 11.8 Å². The first-order valence-corrected chi connectivity index (χ1v) is 6.41. The average molecular weight is 220 g/mol. The zero-order valence-electron chi connectivity index (χ0n) is 9.16. The van der Waals surface area contributed by atoms with Crippen LogP contribution in [0.3, 0.4) is 0 Å². The molecule has 3 heteroatoms. The number of nitrogens with two attached hydrogens (primary N) is 1. The Bertz CT molecular complexity index is 474. The Hall–Kier alpha value is -0.930. The van der Waals surface area contributed by atoms with Crippen molar-refractivity contribution in [2.75, 3.05) is 6.26 Å². The summed E-state index contributed by atoms with van der Waals surface area (Å²) in [6.45, 7) is 0.615. The van der Waals surface area contributed by atoms with E-state index >= 15 is 0 Å². The van der Waals surface area contributed by atoms with Crippen LogP contribution in [0.5, 0.6) is 0 Å². The van der Waals surface area contributed by atoms with Gasteiger partial charge in [0.2, 0.25) is 0 Å². The Balaban J connectivity index is 2.60. The smallest absolute Gasteiger partial charge is 0.0481 e. The summed E-state index contributed by atoms with van der Waals surface area (Å²) in [5, 5.41) is 1.34. The van der Waals surface area contributed by atoms with Crippen molar-refractivity contribution in [3.8, 4) is 0 Å². The summed E-state index contributed by atoms with van der Waals surface area (Å²) in [7, 11) is 2.09. The molecule has 0 aliphatic rings. The lowest BCUT2D eigenvalue weighted by Gasteiger charge is -2.00. The predicted octanol–water partition coefficient (Wildman–Crippen LogP) is 2.50. The van der Waals surface area contributed by atoms with Gasteiger partial charge in [-0.25, -0.2) is 0 Å². The molecule has 1 heterocycles. The number of rotatable bonds is 3. The van der Waals surface area contributed by atoms with Crippen molar-refractivity contribution < 1.29 is 0 Å². The molecule has 1 aromatic carbocycles. The van der Waals surface area contributed by atoms with Crippen LogP contribution in [0.15, 0.2) is 24.4 Å². The third kappa shape index (κ3) is 1.90. The third-order valence-corrected chi connectivity index (χ3v) is 3.27. The first-order chi connectivity index (χ1) is 7.26. The summed E-state index contributed by atoms with van der Waals surface area (Å²) in [6.07, 6.45) is 4.34. The minimum Gasteiger partial charge on any atom is -0.350 e. The SMILES string of the molecule is CSCc1cn(C)c2ccc(CN)cc12. The molecule has 0 spiro atoms. The van der Waals surface area contributed by atoms with E-state index in [4.69, 9.17) is 5.73 Å². The van der Waals surface area contributed by atoms with Crippen LogP contribution in [0.25, 0.3) is 10.9 Å². The van der Waals surface area contributed by atoms with E-state index < -0.39 is 0 Å². The number of benzene rings is 1. The molecule has 0 aliphatic carbocycles. The van der Waals surface area contributed by atoms with Gasteiger partial charge < -0.3 is 10.3 Å². The normalized spacial score (nSPS) is 11.1. The Morgan fingerprint density at radius 2 is 2.20 bits per heavy atom. The van der Waals surface area contributed by atoms with Crippen LogP contribution in [0.2, 0.25) is 0 Å². The first kappa shape index (κ1) is 10.6. The van der Waals surface area contributed by atoms with Gasteiger partial charge in [-0.1, -0.05) is 6.07 Å². The highest BCUT2D eigenvalue weighted by molar-refractivity contribution is 7.97. The first-order valence-electron chi connectivity index (χ1n) is 5.02. The summed E-state index contributed by atoms with van der Waals surface area (Å²) < 4.78 is 2.18. The molecule has 2 N–H and O–H groups in total. The summed E-state index contributed by atoms with van der Waals surface area (Å²) in [6, 6.07) is 6.47. The molecule has 2 rings (SSSR count). The highest BCUT2D eigenvalue weighted by Gasteiger charge is 2.06. The average Bonchev–Trinajstić information content (AvgIpc) is 2.56. The van der Waals surface area contributed by atoms with E-state index in [1.165, 1.54) is 22.0 Å². The van der Waals surface area contributed by atoms with E-state index in [2.05, 4.69) is 42.3 Å². The quantitative estimate of drug-likeness (QED) is 0.861. The molecule has 0 saturated heterocycles. The van der Waals surface area contributed by atoms with Gasteiger partial charge in [0.05, 0.1) is 0 Å². The summed E-state index contributed by atoms with van der Waals surface area (Å²) >= 11 is 1.85. The van der Waals surface area contributed by atoms with Gasteiger partial charge >= 0.3 is 0 Å².